The van der Waals surface area contributed by atoms with Gasteiger partial charge in [-0.3, -0.25) is 0 Å². The number of benzene rings is 1. The third-order valence-electron chi connectivity index (χ3n) is 5.05. The van der Waals surface area contributed by atoms with Crippen molar-refractivity contribution in [2.75, 3.05) is 20.3 Å². The maximum absolute atomic E-state index is 10.1. The van der Waals surface area contributed by atoms with E-state index in [1.807, 2.05) is 6.07 Å². The molecule has 156 valence electrons. The number of hydrogen-bond acceptors (Lipinski definition) is 5. The van der Waals surface area contributed by atoms with Gasteiger partial charge in [0.2, 0.25) is 8.32 Å². The molecule has 1 aromatic rings. The van der Waals surface area contributed by atoms with Crippen LogP contribution in [0.5, 0.6) is 0 Å². The standard InChI is InChI=1S/C20H38O5Si2/c1-7-15-27(23-4,16-11-14-24-17-20(3,22)18(2)21)25-26(5,6)19-12-9-8-10-13-19/h8-10,12-13,18,21-22H,7,11,14-17H2,1-6H3. The Morgan fingerprint density at radius 2 is 1.78 bits per heavy atom. The molecule has 0 aliphatic rings. The first kappa shape index (κ1) is 24.5. The molecule has 3 atom stereocenters. The quantitative estimate of drug-likeness (QED) is 0.383. The highest BCUT2D eigenvalue weighted by molar-refractivity contribution is 6.91. The Labute approximate surface area is 167 Å². The molecule has 5 nitrogen and oxygen atoms in total. The zero-order chi connectivity index (χ0) is 20.6. The number of ether oxygens (including phenoxy) is 1. The van der Waals surface area contributed by atoms with Gasteiger partial charge in [-0.05, 0) is 50.6 Å². The van der Waals surface area contributed by atoms with Crippen LogP contribution in [0.3, 0.4) is 0 Å². The maximum atomic E-state index is 10.1. The summed E-state index contributed by atoms with van der Waals surface area (Å²) < 4.78 is 18.4. The molecule has 0 spiro atoms. The largest absolute Gasteiger partial charge is 0.432 e. The van der Waals surface area contributed by atoms with Crippen LogP contribution in [0.4, 0.5) is 0 Å². The zero-order valence-corrected chi connectivity index (χ0v) is 19.8. The number of aliphatic hydroxyl groups is 2. The minimum absolute atomic E-state index is 0.116. The normalized spacial score (nSPS) is 17.9. The number of rotatable bonds is 13. The van der Waals surface area contributed by atoms with Crippen LogP contribution in [0.2, 0.25) is 25.2 Å². The molecule has 0 aliphatic heterocycles. The first-order chi connectivity index (χ1) is 12.6. The van der Waals surface area contributed by atoms with E-state index in [-0.39, 0.29) is 6.61 Å². The lowest BCUT2D eigenvalue weighted by Gasteiger charge is -2.37. The Balaban J connectivity index is 2.68. The molecular formula is C20H38O5Si2. The lowest BCUT2D eigenvalue weighted by molar-refractivity contribution is -0.102. The molecule has 3 unspecified atom stereocenters. The molecule has 1 aromatic carbocycles. The number of aliphatic hydroxyl groups excluding tert-OH is 1. The summed E-state index contributed by atoms with van der Waals surface area (Å²) in [6, 6.07) is 12.3. The summed E-state index contributed by atoms with van der Waals surface area (Å²) in [5.41, 5.74) is -1.22. The average Bonchev–Trinajstić information content (AvgIpc) is 2.61. The summed E-state index contributed by atoms with van der Waals surface area (Å²) in [4.78, 5) is 0. The maximum Gasteiger partial charge on any atom is 0.327 e. The Morgan fingerprint density at radius 3 is 2.30 bits per heavy atom. The van der Waals surface area contributed by atoms with Crippen LogP contribution in [0.15, 0.2) is 30.3 Å². The third-order valence-corrected chi connectivity index (χ3v) is 13.4. The van der Waals surface area contributed by atoms with Gasteiger partial charge in [0.1, 0.15) is 5.60 Å². The van der Waals surface area contributed by atoms with Crippen LogP contribution in [-0.4, -0.2) is 59.1 Å². The van der Waals surface area contributed by atoms with Crippen molar-refractivity contribution in [3.63, 3.8) is 0 Å². The topological polar surface area (TPSA) is 68.2 Å². The van der Waals surface area contributed by atoms with Crippen molar-refractivity contribution < 1.29 is 23.5 Å². The summed E-state index contributed by atoms with van der Waals surface area (Å²) >= 11 is 0. The zero-order valence-electron chi connectivity index (χ0n) is 17.8. The van der Waals surface area contributed by atoms with Gasteiger partial charge >= 0.3 is 8.56 Å². The van der Waals surface area contributed by atoms with E-state index in [4.69, 9.17) is 13.3 Å². The smallest absolute Gasteiger partial charge is 0.327 e. The van der Waals surface area contributed by atoms with E-state index in [2.05, 4.69) is 44.3 Å². The molecule has 0 heterocycles. The summed E-state index contributed by atoms with van der Waals surface area (Å²) in [6.45, 7) is 10.4. The fourth-order valence-electron chi connectivity index (χ4n) is 3.06. The molecule has 0 bridgehead atoms. The van der Waals surface area contributed by atoms with Crippen molar-refractivity contribution >= 4 is 22.1 Å². The van der Waals surface area contributed by atoms with Crippen molar-refractivity contribution in [3.8, 4) is 0 Å². The van der Waals surface area contributed by atoms with Gasteiger partial charge in [-0.15, -0.1) is 0 Å². The minimum atomic E-state index is -2.34. The molecule has 27 heavy (non-hydrogen) atoms. The monoisotopic (exact) mass is 414 g/mol. The first-order valence-corrected chi connectivity index (χ1v) is 15.0. The van der Waals surface area contributed by atoms with Crippen molar-refractivity contribution in [2.45, 2.75) is 70.5 Å². The fourth-order valence-corrected chi connectivity index (χ4v) is 11.5. The van der Waals surface area contributed by atoms with E-state index >= 15 is 0 Å². The summed E-state index contributed by atoms with van der Waals surface area (Å²) in [5, 5.41) is 20.9. The average molecular weight is 415 g/mol. The molecule has 1 rings (SSSR count). The van der Waals surface area contributed by atoms with Gasteiger partial charge in [-0.25, -0.2) is 0 Å². The Bertz CT molecular complexity index is 536. The lowest BCUT2D eigenvalue weighted by Crippen LogP contribution is -2.56. The van der Waals surface area contributed by atoms with Crippen LogP contribution < -0.4 is 5.19 Å². The van der Waals surface area contributed by atoms with Crippen LogP contribution in [0.1, 0.15) is 33.6 Å². The van der Waals surface area contributed by atoms with Gasteiger partial charge in [-0.2, -0.15) is 0 Å². The molecule has 0 amide bonds. The van der Waals surface area contributed by atoms with E-state index in [1.54, 1.807) is 21.0 Å². The Morgan fingerprint density at radius 1 is 1.15 bits per heavy atom. The second-order valence-electron chi connectivity index (χ2n) is 8.03. The highest BCUT2D eigenvalue weighted by Gasteiger charge is 2.42. The van der Waals surface area contributed by atoms with Crippen molar-refractivity contribution in [1.82, 2.24) is 0 Å². The van der Waals surface area contributed by atoms with E-state index in [0.717, 1.165) is 24.9 Å². The van der Waals surface area contributed by atoms with Crippen molar-refractivity contribution in [3.05, 3.63) is 30.3 Å². The van der Waals surface area contributed by atoms with E-state index in [0.29, 0.717) is 6.61 Å². The second kappa shape index (κ2) is 10.9. The van der Waals surface area contributed by atoms with Gasteiger partial charge in [0, 0.05) is 13.7 Å². The Kier molecular flexibility index (Phi) is 9.84. The van der Waals surface area contributed by atoms with E-state index in [1.165, 1.54) is 5.19 Å². The summed E-state index contributed by atoms with van der Waals surface area (Å²) in [7, 11) is -2.62. The second-order valence-corrected chi connectivity index (χ2v) is 15.7. The molecule has 2 N–H and O–H groups in total. The molecular weight excluding hydrogens is 376 g/mol. The lowest BCUT2D eigenvalue weighted by atomic mass is 10.0. The van der Waals surface area contributed by atoms with Crippen LogP contribution in [-0.2, 0) is 13.3 Å². The van der Waals surface area contributed by atoms with Crippen molar-refractivity contribution in [2.24, 2.45) is 0 Å². The highest BCUT2D eigenvalue weighted by Crippen LogP contribution is 2.26. The molecule has 0 fully saturated rings. The van der Waals surface area contributed by atoms with Crippen LogP contribution >= 0.6 is 0 Å². The molecule has 0 aliphatic carbocycles. The number of hydrogen-bond donors (Lipinski definition) is 2. The highest BCUT2D eigenvalue weighted by atomic mass is 28.4. The molecule has 0 saturated carbocycles. The predicted octanol–water partition coefficient (Wildman–Crippen LogP) is 3.15. The van der Waals surface area contributed by atoms with Gasteiger partial charge in [0.05, 0.1) is 12.7 Å². The van der Waals surface area contributed by atoms with Crippen LogP contribution in [0, 0.1) is 0 Å². The SMILES string of the molecule is CCC[Si](CCCOCC(C)(O)C(C)O)(OC)O[Si](C)(C)c1ccccc1. The van der Waals surface area contributed by atoms with E-state index in [9.17, 15) is 10.2 Å². The molecule has 0 saturated heterocycles. The summed E-state index contributed by atoms with van der Waals surface area (Å²) in [5.74, 6) is 0. The van der Waals surface area contributed by atoms with Gasteiger partial charge in [-0.1, -0.05) is 43.7 Å². The fraction of sp³-hybridized carbons (Fsp3) is 0.700. The van der Waals surface area contributed by atoms with Crippen molar-refractivity contribution in [1.29, 1.82) is 0 Å². The molecule has 0 radical (unpaired) electrons. The third kappa shape index (κ3) is 7.77. The Hall–Kier alpha value is -0.546. The van der Waals surface area contributed by atoms with Crippen LogP contribution in [0.25, 0.3) is 0 Å². The predicted molar refractivity (Wildman–Crippen MR) is 115 cm³/mol. The minimum Gasteiger partial charge on any atom is -0.432 e. The first-order valence-electron chi connectivity index (χ1n) is 9.87. The van der Waals surface area contributed by atoms with Gasteiger partial charge < -0.3 is 23.5 Å². The summed E-state index contributed by atoms with van der Waals surface area (Å²) in [6.07, 6.45) is 1.01. The van der Waals surface area contributed by atoms with Gasteiger partial charge in [0.25, 0.3) is 0 Å². The van der Waals surface area contributed by atoms with Gasteiger partial charge in [0.15, 0.2) is 0 Å². The van der Waals surface area contributed by atoms with E-state index < -0.39 is 28.6 Å². The molecule has 0 aromatic heterocycles. The molecule has 7 heteroatoms.